The fourth-order valence-corrected chi connectivity index (χ4v) is 4.43. The van der Waals surface area contributed by atoms with Crippen LogP contribution in [0.4, 0.5) is 5.69 Å². The molecule has 0 N–H and O–H groups in total. The van der Waals surface area contributed by atoms with Gasteiger partial charge in [-0.2, -0.15) is 0 Å². The first-order valence-electron chi connectivity index (χ1n) is 9.00. The fraction of sp³-hybridized carbons (Fsp3) is 0.611. The zero-order chi connectivity index (χ0) is 18.7. The number of hydrogen-bond donors (Lipinski definition) is 0. The van der Waals surface area contributed by atoms with Crippen LogP contribution in [0.5, 0.6) is 11.5 Å². The van der Waals surface area contributed by atoms with Crippen LogP contribution in [0.25, 0.3) is 0 Å². The molecule has 0 spiro atoms. The summed E-state index contributed by atoms with van der Waals surface area (Å²) in [7, 11) is -3.45. The number of anilines is 1. The van der Waals surface area contributed by atoms with E-state index in [-0.39, 0.29) is 19.2 Å². The van der Waals surface area contributed by atoms with Gasteiger partial charge in [-0.25, -0.2) is 8.42 Å². The second-order valence-electron chi connectivity index (χ2n) is 7.06. The summed E-state index contributed by atoms with van der Waals surface area (Å²) in [5.41, 5.74) is 0.524. The Bertz CT molecular complexity index is 765. The first kappa shape index (κ1) is 18.8. The van der Waals surface area contributed by atoms with E-state index in [2.05, 4.69) is 6.92 Å². The summed E-state index contributed by atoms with van der Waals surface area (Å²) in [6, 6.07) is 5.07. The molecule has 0 aliphatic carbocycles. The number of hydrogen-bond acceptors (Lipinski definition) is 5. The first-order valence-corrected chi connectivity index (χ1v) is 10.8. The largest absolute Gasteiger partial charge is 0.454 e. The molecule has 7 nitrogen and oxygen atoms in total. The highest BCUT2D eigenvalue weighted by Gasteiger charge is 2.23. The van der Waals surface area contributed by atoms with Crippen LogP contribution in [-0.4, -0.2) is 51.9 Å². The van der Waals surface area contributed by atoms with Gasteiger partial charge in [0.05, 0.1) is 11.9 Å². The second-order valence-corrected chi connectivity index (χ2v) is 8.97. The summed E-state index contributed by atoms with van der Waals surface area (Å²) in [6.45, 7) is 4.16. The molecule has 1 aromatic carbocycles. The molecule has 0 unspecified atom stereocenters. The average molecular weight is 382 g/mol. The molecule has 2 aliphatic heterocycles. The third-order valence-corrected chi connectivity index (χ3v) is 6.00. The number of carbonyl (C=O) groups excluding carboxylic acids is 1. The summed E-state index contributed by atoms with van der Waals surface area (Å²) in [5, 5.41) is 0. The highest BCUT2D eigenvalue weighted by atomic mass is 32.2. The molecule has 144 valence electrons. The molecule has 8 heteroatoms. The maximum absolute atomic E-state index is 12.4. The Balaban J connectivity index is 1.62. The van der Waals surface area contributed by atoms with Gasteiger partial charge in [0.15, 0.2) is 11.5 Å². The highest BCUT2D eigenvalue weighted by Crippen LogP contribution is 2.36. The van der Waals surface area contributed by atoms with E-state index in [1.54, 1.807) is 18.2 Å². The van der Waals surface area contributed by atoms with Crippen LogP contribution in [0.2, 0.25) is 0 Å². The predicted molar refractivity (Wildman–Crippen MR) is 99.0 cm³/mol. The number of sulfonamides is 1. The van der Waals surface area contributed by atoms with E-state index in [0.29, 0.717) is 35.9 Å². The minimum Gasteiger partial charge on any atom is -0.454 e. The van der Waals surface area contributed by atoms with Crippen LogP contribution in [0.15, 0.2) is 18.2 Å². The molecule has 1 fully saturated rings. The molecule has 0 bridgehead atoms. The topological polar surface area (TPSA) is 76.2 Å². The first-order chi connectivity index (χ1) is 12.3. The monoisotopic (exact) mass is 382 g/mol. The summed E-state index contributed by atoms with van der Waals surface area (Å²) < 4.78 is 36.3. The summed E-state index contributed by atoms with van der Waals surface area (Å²) in [6.07, 6.45) is 4.20. The quantitative estimate of drug-likeness (QED) is 0.754. The van der Waals surface area contributed by atoms with Crippen LogP contribution in [0, 0.1) is 5.92 Å². The van der Waals surface area contributed by atoms with Gasteiger partial charge in [-0.15, -0.1) is 0 Å². The van der Waals surface area contributed by atoms with Crippen molar-refractivity contribution in [1.29, 1.82) is 0 Å². The standard InChI is InChI=1S/C18H26N2O5S/c1-14-5-3-9-19(12-14)18(21)6-4-10-20(26(2,22)23)15-7-8-16-17(11-15)25-13-24-16/h7-8,11,14H,3-6,9-10,12-13H2,1-2H3/t14-/m1/s1. The molecule has 1 saturated heterocycles. The smallest absolute Gasteiger partial charge is 0.232 e. The Labute approximate surface area is 154 Å². The summed E-state index contributed by atoms with van der Waals surface area (Å²) in [5.74, 6) is 1.79. The Morgan fingerprint density at radius 1 is 1.31 bits per heavy atom. The molecule has 26 heavy (non-hydrogen) atoms. The van der Waals surface area contributed by atoms with Crippen molar-refractivity contribution in [2.45, 2.75) is 32.6 Å². The highest BCUT2D eigenvalue weighted by molar-refractivity contribution is 7.92. The van der Waals surface area contributed by atoms with Gasteiger partial charge < -0.3 is 14.4 Å². The molecule has 0 saturated carbocycles. The van der Waals surface area contributed by atoms with Gasteiger partial charge in [0.1, 0.15) is 0 Å². The van der Waals surface area contributed by atoms with E-state index in [4.69, 9.17) is 9.47 Å². The zero-order valence-corrected chi connectivity index (χ0v) is 16.1. The van der Waals surface area contributed by atoms with E-state index in [0.717, 1.165) is 25.9 Å². The van der Waals surface area contributed by atoms with Crippen LogP contribution >= 0.6 is 0 Å². The van der Waals surface area contributed by atoms with Crippen LogP contribution < -0.4 is 13.8 Å². The third kappa shape index (κ3) is 4.41. The van der Waals surface area contributed by atoms with Crippen LogP contribution in [-0.2, 0) is 14.8 Å². The molecule has 3 rings (SSSR count). The van der Waals surface area contributed by atoms with Gasteiger partial charge in [-0.3, -0.25) is 9.10 Å². The Morgan fingerprint density at radius 3 is 2.81 bits per heavy atom. The van der Waals surface area contributed by atoms with Crippen molar-refractivity contribution in [2.75, 3.05) is 37.0 Å². The van der Waals surface area contributed by atoms with Crippen molar-refractivity contribution in [1.82, 2.24) is 4.90 Å². The van der Waals surface area contributed by atoms with Gasteiger partial charge in [0, 0.05) is 32.1 Å². The van der Waals surface area contributed by atoms with E-state index < -0.39 is 10.0 Å². The van der Waals surface area contributed by atoms with Gasteiger partial charge in [0.2, 0.25) is 22.7 Å². The minimum atomic E-state index is -3.45. The molecule has 1 aromatic rings. The normalized spacial score (nSPS) is 19.5. The lowest BCUT2D eigenvalue weighted by molar-refractivity contribution is -0.132. The Morgan fingerprint density at radius 2 is 2.08 bits per heavy atom. The number of rotatable bonds is 6. The minimum absolute atomic E-state index is 0.107. The molecule has 1 atom stereocenters. The zero-order valence-electron chi connectivity index (χ0n) is 15.3. The van der Waals surface area contributed by atoms with E-state index in [1.165, 1.54) is 10.6 Å². The van der Waals surface area contributed by atoms with E-state index in [9.17, 15) is 13.2 Å². The lowest BCUT2D eigenvalue weighted by atomic mass is 10.00. The van der Waals surface area contributed by atoms with Gasteiger partial charge in [-0.05, 0) is 37.3 Å². The molecule has 0 radical (unpaired) electrons. The third-order valence-electron chi connectivity index (χ3n) is 4.81. The average Bonchev–Trinajstić information content (AvgIpc) is 3.05. The van der Waals surface area contributed by atoms with Gasteiger partial charge in [-0.1, -0.05) is 6.92 Å². The molecular weight excluding hydrogens is 356 g/mol. The van der Waals surface area contributed by atoms with Crippen molar-refractivity contribution in [2.24, 2.45) is 5.92 Å². The number of nitrogens with zero attached hydrogens (tertiary/aromatic N) is 2. The summed E-state index contributed by atoms with van der Waals surface area (Å²) >= 11 is 0. The number of carbonyl (C=O) groups is 1. The molecule has 2 aliphatic rings. The van der Waals surface area contributed by atoms with E-state index >= 15 is 0 Å². The van der Waals surface area contributed by atoms with Crippen molar-refractivity contribution >= 4 is 21.6 Å². The van der Waals surface area contributed by atoms with Crippen LogP contribution in [0.3, 0.4) is 0 Å². The lowest BCUT2D eigenvalue weighted by Crippen LogP contribution is -2.39. The number of piperidine rings is 1. The van der Waals surface area contributed by atoms with Gasteiger partial charge in [0.25, 0.3) is 0 Å². The van der Waals surface area contributed by atoms with Crippen molar-refractivity contribution in [3.8, 4) is 11.5 Å². The number of benzene rings is 1. The van der Waals surface area contributed by atoms with Crippen molar-refractivity contribution < 1.29 is 22.7 Å². The molecule has 2 heterocycles. The predicted octanol–water partition coefficient (Wildman–Crippen LogP) is 2.22. The maximum Gasteiger partial charge on any atom is 0.232 e. The Kier molecular flexibility index (Phi) is 5.60. The van der Waals surface area contributed by atoms with E-state index in [1.807, 2.05) is 4.90 Å². The maximum atomic E-state index is 12.4. The fourth-order valence-electron chi connectivity index (χ4n) is 3.47. The van der Waals surface area contributed by atoms with Crippen LogP contribution in [0.1, 0.15) is 32.6 Å². The van der Waals surface area contributed by atoms with Crippen molar-refractivity contribution in [3.05, 3.63) is 18.2 Å². The van der Waals surface area contributed by atoms with Crippen molar-refractivity contribution in [3.63, 3.8) is 0 Å². The number of ether oxygens (including phenoxy) is 2. The molecule has 0 aromatic heterocycles. The second kappa shape index (κ2) is 7.73. The molecular formula is C18H26N2O5S. The SMILES string of the molecule is C[C@@H]1CCCN(C(=O)CCCN(c2ccc3c(c2)OCO3)S(C)(=O)=O)C1. The summed E-state index contributed by atoms with van der Waals surface area (Å²) in [4.78, 5) is 14.3. The lowest BCUT2D eigenvalue weighted by Gasteiger charge is -2.31. The Hall–Kier alpha value is -1.96. The number of amides is 1. The number of likely N-dealkylation sites (tertiary alicyclic amines) is 1. The number of fused-ring (bicyclic) bond motifs is 1. The molecule has 1 amide bonds. The van der Waals surface area contributed by atoms with Gasteiger partial charge >= 0.3 is 0 Å².